The maximum Gasteiger partial charge on any atom is 0.238 e. The third kappa shape index (κ3) is 2.66. The number of anilines is 2. The van der Waals surface area contributed by atoms with Gasteiger partial charge < -0.3 is 15.8 Å². The summed E-state index contributed by atoms with van der Waals surface area (Å²) in [5.41, 5.74) is 7.15. The summed E-state index contributed by atoms with van der Waals surface area (Å²) in [6.07, 6.45) is 1.90. The second-order valence-electron chi connectivity index (χ2n) is 3.63. The Bertz CT molecular complexity index is 508. The highest BCUT2D eigenvalue weighted by Crippen LogP contribution is 2.20. The standard InChI is InChI=1S/C11H15N5O/c1-16-6-5-8(15-16)7-13-10-4-3-9(12)11(14-10)17-2/h3-6H,7,12H2,1-2H3,(H,13,14). The predicted octanol–water partition coefficient (Wildman–Crippen LogP) is 1.02. The lowest BCUT2D eigenvalue weighted by Crippen LogP contribution is -2.04. The number of aromatic nitrogens is 3. The molecule has 0 aliphatic carbocycles. The first-order chi connectivity index (χ1) is 8.19. The number of nitrogens with zero attached hydrogens (tertiary/aromatic N) is 3. The van der Waals surface area contributed by atoms with E-state index in [0.29, 0.717) is 23.9 Å². The number of hydrogen-bond donors (Lipinski definition) is 2. The molecule has 17 heavy (non-hydrogen) atoms. The number of ether oxygens (including phenoxy) is 1. The van der Waals surface area contributed by atoms with Crippen LogP contribution in [0.3, 0.4) is 0 Å². The first-order valence-electron chi connectivity index (χ1n) is 5.22. The summed E-state index contributed by atoms with van der Waals surface area (Å²) in [5, 5.41) is 7.41. The number of hydrogen-bond acceptors (Lipinski definition) is 5. The van der Waals surface area contributed by atoms with Crippen LogP contribution in [0.15, 0.2) is 24.4 Å². The number of rotatable bonds is 4. The molecule has 3 N–H and O–H groups in total. The zero-order chi connectivity index (χ0) is 12.3. The Hall–Kier alpha value is -2.24. The van der Waals surface area contributed by atoms with E-state index in [1.807, 2.05) is 19.3 Å². The predicted molar refractivity (Wildman–Crippen MR) is 65.7 cm³/mol. The maximum atomic E-state index is 5.68. The van der Waals surface area contributed by atoms with Crippen molar-refractivity contribution in [1.82, 2.24) is 14.8 Å². The molecule has 0 radical (unpaired) electrons. The Balaban J connectivity index is 2.04. The minimum Gasteiger partial charge on any atom is -0.479 e. The van der Waals surface area contributed by atoms with Gasteiger partial charge in [-0.3, -0.25) is 4.68 Å². The molecule has 0 aromatic carbocycles. The Morgan fingerprint density at radius 1 is 1.41 bits per heavy atom. The van der Waals surface area contributed by atoms with Crippen LogP contribution in [0.5, 0.6) is 5.88 Å². The van der Waals surface area contributed by atoms with Gasteiger partial charge in [0, 0.05) is 13.2 Å². The quantitative estimate of drug-likeness (QED) is 0.824. The highest BCUT2D eigenvalue weighted by molar-refractivity contribution is 5.53. The summed E-state index contributed by atoms with van der Waals surface area (Å²) < 4.78 is 6.80. The van der Waals surface area contributed by atoms with Crippen LogP contribution in [-0.2, 0) is 13.6 Å². The van der Waals surface area contributed by atoms with Crippen LogP contribution in [0, 0.1) is 0 Å². The van der Waals surface area contributed by atoms with Gasteiger partial charge in [0.05, 0.1) is 25.0 Å². The van der Waals surface area contributed by atoms with Crippen molar-refractivity contribution in [3.8, 4) is 5.88 Å². The van der Waals surface area contributed by atoms with Gasteiger partial charge in [-0.05, 0) is 18.2 Å². The molecule has 6 heteroatoms. The van der Waals surface area contributed by atoms with Gasteiger partial charge in [-0.25, -0.2) is 0 Å². The fourth-order valence-corrected chi connectivity index (χ4v) is 1.45. The molecule has 0 unspecified atom stereocenters. The number of methoxy groups -OCH3 is 1. The molecule has 0 aliphatic rings. The van der Waals surface area contributed by atoms with Gasteiger partial charge in [0.2, 0.25) is 5.88 Å². The Kier molecular flexibility index (Phi) is 3.13. The third-order valence-corrected chi connectivity index (χ3v) is 2.30. The van der Waals surface area contributed by atoms with E-state index in [0.717, 1.165) is 5.69 Å². The van der Waals surface area contributed by atoms with Crippen LogP contribution in [0.2, 0.25) is 0 Å². The molecule has 2 heterocycles. The lowest BCUT2D eigenvalue weighted by molar-refractivity contribution is 0.401. The fourth-order valence-electron chi connectivity index (χ4n) is 1.45. The molecule has 2 rings (SSSR count). The van der Waals surface area contributed by atoms with Crippen molar-refractivity contribution in [1.29, 1.82) is 0 Å². The summed E-state index contributed by atoms with van der Waals surface area (Å²) in [6, 6.07) is 5.51. The lowest BCUT2D eigenvalue weighted by atomic mass is 10.4. The Morgan fingerprint density at radius 2 is 2.24 bits per heavy atom. The van der Waals surface area contributed by atoms with Crippen LogP contribution >= 0.6 is 0 Å². The van der Waals surface area contributed by atoms with Crippen LogP contribution in [0.25, 0.3) is 0 Å². The van der Waals surface area contributed by atoms with Crippen LogP contribution < -0.4 is 15.8 Å². The lowest BCUT2D eigenvalue weighted by Gasteiger charge is -2.07. The second-order valence-corrected chi connectivity index (χ2v) is 3.63. The summed E-state index contributed by atoms with van der Waals surface area (Å²) in [5.74, 6) is 1.14. The van der Waals surface area contributed by atoms with Gasteiger partial charge in [-0.15, -0.1) is 0 Å². The molecule has 0 amide bonds. The summed E-state index contributed by atoms with van der Waals surface area (Å²) in [6.45, 7) is 0.612. The molecule has 0 bridgehead atoms. The molecule has 2 aromatic heterocycles. The molecule has 90 valence electrons. The van der Waals surface area contributed by atoms with E-state index in [2.05, 4.69) is 15.4 Å². The van der Waals surface area contributed by atoms with Gasteiger partial charge in [0.15, 0.2) is 0 Å². The van der Waals surface area contributed by atoms with Crippen molar-refractivity contribution < 1.29 is 4.74 Å². The molecular weight excluding hydrogens is 218 g/mol. The maximum absolute atomic E-state index is 5.68. The SMILES string of the molecule is COc1nc(NCc2ccn(C)n2)ccc1N. The average Bonchev–Trinajstić information content (AvgIpc) is 2.74. The smallest absolute Gasteiger partial charge is 0.238 e. The normalized spacial score (nSPS) is 10.2. The van der Waals surface area contributed by atoms with Crippen molar-refractivity contribution >= 4 is 11.5 Å². The topological polar surface area (TPSA) is 78.0 Å². The number of nitrogens with one attached hydrogen (secondary N) is 1. The minimum absolute atomic E-state index is 0.427. The highest BCUT2D eigenvalue weighted by Gasteiger charge is 2.03. The van der Waals surface area contributed by atoms with Gasteiger partial charge in [0.1, 0.15) is 5.82 Å². The molecular formula is C11H15N5O. The van der Waals surface area contributed by atoms with Gasteiger partial charge in [0.25, 0.3) is 0 Å². The van der Waals surface area contributed by atoms with E-state index in [4.69, 9.17) is 10.5 Å². The summed E-state index contributed by atoms with van der Waals surface area (Å²) >= 11 is 0. The fraction of sp³-hybridized carbons (Fsp3) is 0.273. The monoisotopic (exact) mass is 233 g/mol. The zero-order valence-electron chi connectivity index (χ0n) is 9.84. The summed E-state index contributed by atoms with van der Waals surface area (Å²) in [7, 11) is 3.43. The zero-order valence-corrected chi connectivity index (χ0v) is 9.84. The van der Waals surface area contributed by atoms with Crippen molar-refractivity contribution in [3.63, 3.8) is 0 Å². The molecule has 0 saturated heterocycles. The molecule has 0 aliphatic heterocycles. The Morgan fingerprint density at radius 3 is 2.88 bits per heavy atom. The van der Waals surface area contributed by atoms with E-state index in [1.54, 1.807) is 23.9 Å². The van der Waals surface area contributed by atoms with E-state index in [-0.39, 0.29) is 0 Å². The van der Waals surface area contributed by atoms with E-state index in [1.165, 1.54) is 0 Å². The molecule has 0 saturated carbocycles. The first kappa shape index (κ1) is 11.3. The van der Waals surface area contributed by atoms with Crippen LogP contribution in [0.1, 0.15) is 5.69 Å². The van der Waals surface area contributed by atoms with Gasteiger partial charge in [-0.1, -0.05) is 0 Å². The van der Waals surface area contributed by atoms with Gasteiger partial charge in [-0.2, -0.15) is 10.1 Å². The van der Waals surface area contributed by atoms with E-state index in [9.17, 15) is 0 Å². The van der Waals surface area contributed by atoms with Gasteiger partial charge >= 0.3 is 0 Å². The Labute approximate surface area is 99.4 Å². The van der Waals surface area contributed by atoms with Crippen molar-refractivity contribution in [2.75, 3.05) is 18.2 Å². The summed E-state index contributed by atoms with van der Waals surface area (Å²) in [4.78, 5) is 4.22. The molecule has 6 nitrogen and oxygen atoms in total. The van der Waals surface area contributed by atoms with Crippen molar-refractivity contribution in [2.24, 2.45) is 7.05 Å². The number of nitrogen functional groups attached to an aromatic ring is 1. The van der Waals surface area contributed by atoms with Crippen molar-refractivity contribution in [2.45, 2.75) is 6.54 Å². The average molecular weight is 233 g/mol. The highest BCUT2D eigenvalue weighted by atomic mass is 16.5. The number of aryl methyl sites for hydroxylation is 1. The van der Waals surface area contributed by atoms with E-state index >= 15 is 0 Å². The molecule has 2 aromatic rings. The van der Waals surface area contributed by atoms with E-state index < -0.39 is 0 Å². The van der Waals surface area contributed by atoms with Crippen LogP contribution in [-0.4, -0.2) is 21.9 Å². The van der Waals surface area contributed by atoms with Crippen LogP contribution in [0.4, 0.5) is 11.5 Å². The number of nitrogens with two attached hydrogens (primary N) is 1. The van der Waals surface area contributed by atoms with Crippen molar-refractivity contribution in [3.05, 3.63) is 30.1 Å². The molecule has 0 fully saturated rings. The second kappa shape index (κ2) is 4.73. The molecule has 0 atom stereocenters. The number of pyridine rings is 1. The first-order valence-corrected chi connectivity index (χ1v) is 5.22. The largest absolute Gasteiger partial charge is 0.479 e. The minimum atomic E-state index is 0.427. The molecule has 0 spiro atoms. The third-order valence-electron chi connectivity index (χ3n) is 2.30.